The molecule has 190 valence electrons. The monoisotopic (exact) mass is 498 g/mol. The lowest BCUT2D eigenvalue weighted by atomic mass is 9.93. The van der Waals surface area contributed by atoms with E-state index in [0.717, 1.165) is 29.2 Å². The number of nitrogens with two attached hydrogens (primary N) is 1. The quantitative estimate of drug-likeness (QED) is 0.345. The molecule has 4 N–H and O–H groups in total. The maximum absolute atomic E-state index is 10.5. The van der Waals surface area contributed by atoms with Gasteiger partial charge in [0.05, 0.1) is 13.2 Å². The lowest BCUT2D eigenvalue weighted by Crippen LogP contribution is -2.34. The summed E-state index contributed by atoms with van der Waals surface area (Å²) in [6, 6.07) is 15.0. The van der Waals surface area contributed by atoms with Crippen molar-refractivity contribution < 1.29 is 14.6 Å². The molecule has 4 aromatic rings. The van der Waals surface area contributed by atoms with Crippen molar-refractivity contribution >= 4 is 17.0 Å². The van der Waals surface area contributed by atoms with Crippen molar-refractivity contribution in [3.05, 3.63) is 71.3 Å². The fourth-order valence-electron chi connectivity index (χ4n) is 4.60. The number of benzene rings is 2. The van der Waals surface area contributed by atoms with Crippen LogP contribution in [0.25, 0.3) is 11.2 Å². The molecule has 2 aliphatic rings. The van der Waals surface area contributed by atoms with Crippen LogP contribution in [-0.4, -0.2) is 37.3 Å². The molecule has 9 heteroatoms. The highest BCUT2D eigenvalue weighted by molar-refractivity contribution is 5.83. The molecule has 1 aliphatic carbocycles. The van der Waals surface area contributed by atoms with Gasteiger partial charge in [0.2, 0.25) is 0 Å². The van der Waals surface area contributed by atoms with Crippen molar-refractivity contribution in [2.75, 3.05) is 12.3 Å². The third-order valence-corrected chi connectivity index (χ3v) is 6.92. The van der Waals surface area contributed by atoms with Crippen LogP contribution in [0.4, 0.5) is 5.82 Å². The first-order valence-corrected chi connectivity index (χ1v) is 12.7. The normalized spacial score (nSPS) is 16.6. The zero-order valence-corrected chi connectivity index (χ0v) is 20.6. The Hall–Kier alpha value is -4.11. The number of nitrogen functional groups attached to an aromatic ring is 1. The minimum absolute atomic E-state index is 0.172. The van der Waals surface area contributed by atoms with Gasteiger partial charge in [0.25, 0.3) is 6.01 Å². The Morgan fingerprint density at radius 3 is 2.76 bits per heavy atom. The second-order valence-corrected chi connectivity index (χ2v) is 9.57. The van der Waals surface area contributed by atoms with E-state index in [9.17, 15) is 5.11 Å². The van der Waals surface area contributed by atoms with E-state index < -0.39 is 0 Å². The Morgan fingerprint density at radius 1 is 1.08 bits per heavy atom. The number of hydrogen-bond donors (Lipinski definition) is 3. The lowest BCUT2D eigenvalue weighted by molar-refractivity contribution is 0.300. The third-order valence-electron chi connectivity index (χ3n) is 6.92. The number of aromatic hydroxyl groups is 1. The van der Waals surface area contributed by atoms with Crippen molar-refractivity contribution in [1.29, 1.82) is 0 Å². The van der Waals surface area contributed by atoms with Crippen LogP contribution >= 0.6 is 0 Å². The van der Waals surface area contributed by atoms with Crippen LogP contribution < -0.4 is 20.5 Å². The number of fused-ring (bicyclic) bond motifs is 3. The van der Waals surface area contributed by atoms with Gasteiger partial charge in [0.1, 0.15) is 11.5 Å². The van der Waals surface area contributed by atoms with Crippen molar-refractivity contribution in [2.24, 2.45) is 0 Å². The fourth-order valence-corrected chi connectivity index (χ4v) is 4.60. The number of allylic oxidation sites excluding steroid dienone is 1. The summed E-state index contributed by atoms with van der Waals surface area (Å²) in [5.41, 5.74) is 10.1. The van der Waals surface area contributed by atoms with Crippen LogP contribution in [0.2, 0.25) is 0 Å². The Bertz CT molecular complexity index is 1440. The van der Waals surface area contributed by atoms with Crippen molar-refractivity contribution in [3.8, 4) is 23.5 Å². The van der Waals surface area contributed by atoms with Gasteiger partial charge in [-0.3, -0.25) is 4.57 Å². The van der Waals surface area contributed by atoms with Gasteiger partial charge >= 0.3 is 6.01 Å². The van der Waals surface area contributed by atoms with E-state index >= 15 is 0 Å². The van der Waals surface area contributed by atoms with E-state index in [1.165, 1.54) is 24.8 Å². The molecule has 1 saturated carbocycles. The van der Waals surface area contributed by atoms with Crippen LogP contribution in [0, 0.1) is 0 Å². The van der Waals surface area contributed by atoms with Crippen LogP contribution in [0.5, 0.6) is 23.5 Å². The molecule has 2 aromatic carbocycles. The van der Waals surface area contributed by atoms with E-state index in [2.05, 4.69) is 50.6 Å². The van der Waals surface area contributed by atoms with Crippen molar-refractivity contribution in [2.45, 2.75) is 51.2 Å². The average molecular weight is 499 g/mol. The maximum atomic E-state index is 10.5. The van der Waals surface area contributed by atoms with Crippen LogP contribution in [-0.2, 0) is 19.5 Å². The molecule has 37 heavy (non-hydrogen) atoms. The van der Waals surface area contributed by atoms with Gasteiger partial charge in [-0.05, 0) is 66.6 Å². The molecule has 0 unspecified atom stereocenters. The summed E-state index contributed by atoms with van der Waals surface area (Å²) in [7, 11) is 0. The maximum Gasteiger partial charge on any atom is 0.320 e. The van der Waals surface area contributed by atoms with Crippen LogP contribution in [0.3, 0.4) is 0 Å². The molecule has 2 aromatic heterocycles. The minimum Gasteiger partial charge on any atom is -0.480 e. The summed E-state index contributed by atoms with van der Waals surface area (Å²) >= 11 is 0. The molecule has 3 heterocycles. The van der Waals surface area contributed by atoms with E-state index in [4.69, 9.17) is 15.2 Å². The summed E-state index contributed by atoms with van der Waals surface area (Å²) in [5, 5.41) is 14.1. The lowest BCUT2D eigenvalue weighted by Gasteiger charge is -2.26. The number of anilines is 1. The number of ether oxygens (including phenoxy) is 2. The van der Waals surface area contributed by atoms with Crippen molar-refractivity contribution in [3.63, 3.8) is 0 Å². The average Bonchev–Trinajstić information content (AvgIpc) is 3.18. The fraction of sp³-hybridized carbons (Fsp3) is 0.321. The molecule has 0 radical (unpaired) electrons. The molecule has 4 bridgehead atoms. The predicted molar refractivity (Wildman–Crippen MR) is 141 cm³/mol. The SMILES string of the molecule is Nc1nc2nc3c1nc(O)n3Cc1ccc(Oc3ccc(CNC4CCC4)cc3)c(c1)C/C=C/CCO2. The first kappa shape index (κ1) is 23.3. The standard InChI is InChI=1S/C28H30N6O3/c29-25-24-26-33-27(32-25)36-14-3-1-2-5-20-15-19(17-34(26)28(35)31-24)10-13-23(20)37-22-11-8-18(9-12-22)16-30-21-6-4-7-21/h1-2,8-13,15,21,30H,3-7,14,16-17H2,(H,31,35)(H2,29,32,33)/b2-1+. The summed E-state index contributed by atoms with van der Waals surface area (Å²) < 4.78 is 13.6. The third kappa shape index (κ3) is 5.08. The summed E-state index contributed by atoms with van der Waals surface area (Å²) in [5.74, 6) is 1.77. The highest BCUT2D eigenvalue weighted by Crippen LogP contribution is 2.30. The number of imidazole rings is 1. The van der Waals surface area contributed by atoms with Gasteiger partial charge < -0.3 is 25.6 Å². The topological polar surface area (TPSA) is 120 Å². The summed E-state index contributed by atoms with van der Waals surface area (Å²) in [4.78, 5) is 12.8. The molecule has 0 amide bonds. The smallest absolute Gasteiger partial charge is 0.320 e. The molecule has 0 spiro atoms. The van der Waals surface area contributed by atoms with Crippen LogP contribution in [0.1, 0.15) is 42.4 Å². The second-order valence-electron chi connectivity index (χ2n) is 9.57. The molecule has 6 rings (SSSR count). The zero-order chi connectivity index (χ0) is 25.2. The molecule has 0 atom stereocenters. The first-order valence-electron chi connectivity index (χ1n) is 12.7. The Morgan fingerprint density at radius 2 is 1.95 bits per heavy atom. The Balaban J connectivity index is 1.26. The number of nitrogens with zero attached hydrogens (tertiary/aromatic N) is 4. The van der Waals surface area contributed by atoms with Crippen LogP contribution in [0.15, 0.2) is 54.6 Å². The summed E-state index contributed by atoms with van der Waals surface area (Å²) in [6.45, 7) is 1.65. The number of rotatable bonds is 5. The minimum atomic E-state index is -0.172. The van der Waals surface area contributed by atoms with Gasteiger partial charge in [-0.25, -0.2) is 0 Å². The Kier molecular flexibility index (Phi) is 6.36. The molecule has 0 saturated heterocycles. The number of nitrogens with one attached hydrogen (secondary N) is 1. The highest BCUT2D eigenvalue weighted by atomic mass is 16.5. The molecular weight excluding hydrogens is 468 g/mol. The molecular formula is C28H30N6O3. The molecule has 1 aliphatic heterocycles. The van der Waals surface area contributed by atoms with Gasteiger partial charge in [-0.2, -0.15) is 15.0 Å². The van der Waals surface area contributed by atoms with Gasteiger partial charge in [0.15, 0.2) is 17.0 Å². The van der Waals surface area contributed by atoms with Gasteiger partial charge in [0, 0.05) is 12.6 Å². The van der Waals surface area contributed by atoms with Gasteiger partial charge in [-0.15, -0.1) is 0 Å². The van der Waals surface area contributed by atoms with E-state index in [-0.39, 0.29) is 17.8 Å². The molecule has 1 fully saturated rings. The van der Waals surface area contributed by atoms with E-state index in [1.807, 2.05) is 24.3 Å². The largest absolute Gasteiger partial charge is 0.480 e. The number of hydrogen-bond acceptors (Lipinski definition) is 8. The van der Waals surface area contributed by atoms with E-state index in [0.29, 0.717) is 43.2 Å². The van der Waals surface area contributed by atoms with Crippen molar-refractivity contribution in [1.82, 2.24) is 24.8 Å². The van der Waals surface area contributed by atoms with E-state index in [1.54, 1.807) is 4.57 Å². The zero-order valence-electron chi connectivity index (χ0n) is 20.6. The molecule has 9 nitrogen and oxygen atoms in total. The highest BCUT2D eigenvalue weighted by Gasteiger charge is 2.18. The Labute approximate surface area is 215 Å². The second kappa shape index (κ2) is 10.1. The number of aromatic nitrogens is 4. The first-order chi connectivity index (χ1) is 18.1. The predicted octanol–water partition coefficient (Wildman–Crippen LogP) is 4.48. The van der Waals surface area contributed by atoms with Gasteiger partial charge in [-0.1, -0.05) is 36.8 Å². The summed E-state index contributed by atoms with van der Waals surface area (Å²) in [6.07, 6.45) is 9.46.